The first-order valence-electron chi connectivity index (χ1n) is 7.09. The van der Waals surface area contributed by atoms with E-state index in [4.69, 9.17) is 26.6 Å². The van der Waals surface area contributed by atoms with Gasteiger partial charge in [0.1, 0.15) is 5.75 Å². The summed E-state index contributed by atoms with van der Waals surface area (Å²) >= 11 is 7.09. The van der Waals surface area contributed by atoms with Crippen molar-refractivity contribution in [1.29, 1.82) is 0 Å². The van der Waals surface area contributed by atoms with Crippen molar-refractivity contribution in [2.24, 2.45) is 0 Å². The molecule has 1 amide bonds. The van der Waals surface area contributed by atoms with Gasteiger partial charge in [0.15, 0.2) is 5.76 Å². The van der Waals surface area contributed by atoms with E-state index in [0.717, 1.165) is 11.8 Å². The first kappa shape index (κ1) is 17.2. The average molecular weight is 380 g/mol. The topological polar surface area (TPSA) is 108 Å². The number of nitrogens with two attached hydrogens (primary N) is 1. The Morgan fingerprint density at radius 2 is 2.28 bits per heavy atom. The summed E-state index contributed by atoms with van der Waals surface area (Å²) in [5.74, 6) is 7.16. The van der Waals surface area contributed by atoms with Crippen LogP contribution in [0.25, 0.3) is 11.6 Å². The minimum absolute atomic E-state index is 0.0865. The van der Waals surface area contributed by atoms with Crippen LogP contribution in [0.3, 0.4) is 0 Å². The fourth-order valence-electron chi connectivity index (χ4n) is 2.04. The quantitative estimate of drug-likeness (QED) is 0.500. The van der Waals surface area contributed by atoms with Gasteiger partial charge in [-0.2, -0.15) is 0 Å². The number of rotatable bonds is 6. The molecular formula is C15H14ClN5O3S. The number of thioether (sulfide) groups is 1. The molecule has 3 N–H and O–H groups in total. The second kappa shape index (κ2) is 7.49. The maximum absolute atomic E-state index is 12.2. The summed E-state index contributed by atoms with van der Waals surface area (Å²) in [7, 11) is 1.51. The number of nitrogens with zero attached hydrogens (tertiary/aromatic N) is 3. The summed E-state index contributed by atoms with van der Waals surface area (Å²) in [4.78, 5) is 12.2. The highest BCUT2D eigenvalue weighted by molar-refractivity contribution is 7.99. The predicted octanol–water partition coefficient (Wildman–Crippen LogP) is 2.64. The normalized spacial score (nSPS) is 10.6. The van der Waals surface area contributed by atoms with Gasteiger partial charge < -0.3 is 20.3 Å². The van der Waals surface area contributed by atoms with E-state index < -0.39 is 0 Å². The van der Waals surface area contributed by atoms with E-state index in [2.05, 4.69) is 15.5 Å². The van der Waals surface area contributed by atoms with Crippen molar-refractivity contribution in [1.82, 2.24) is 14.9 Å². The van der Waals surface area contributed by atoms with E-state index in [-0.39, 0.29) is 11.7 Å². The van der Waals surface area contributed by atoms with Gasteiger partial charge in [0.05, 0.1) is 24.8 Å². The molecule has 3 rings (SSSR count). The Morgan fingerprint density at radius 1 is 1.44 bits per heavy atom. The number of nitrogens with one attached hydrogen (secondary N) is 1. The van der Waals surface area contributed by atoms with Crippen LogP contribution in [0.1, 0.15) is 0 Å². The highest BCUT2D eigenvalue weighted by atomic mass is 35.5. The largest absolute Gasteiger partial charge is 0.495 e. The van der Waals surface area contributed by atoms with Crippen molar-refractivity contribution >= 4 is 35.0 Å². The Balaban J connectivity index is 1.64. The fourth-order valence-corrected chi connectivity index (χ4v) is 2.87. The third-order valence-corrected chi connectivity index (χ3v) is 4.35. The molecule has 8 nitrogen and oxygen atoms in total. The number of hydrogen-bond acceptors (Lipinski definition) is 7. The number of ether oxygens (including phenoxy) is 1. The molecule has 0 aliphatic carbocycles. The molecule has 0 fully saturated rings. The number of furan rings is 1. The summed E-state index contributed by atoms with van der Waals surface area (Å²) < 4.78 is 11.7. The minimum Gasteiger partial charge on any atom is -0.495 e. The van der Waals surface area contributed by atoms with Gasteiger partial charge >= 0.3 is 0 Å². The zero-order valence-corrected chi connectivity index (χ0v) is 14.7. The van der Waals surface area contributed by atoms with Gasteiger partial charge in [-0.1, -0.05) is 23.4 Å². The Labute approximate surface area is 152 Å². The SMILES string of the molecule is COc1ccc(Cl)cc1NC(=O)CSc1nnc(-c2ccco2)n1N. The molecule has 0 saturated carbocycles. The number of amides is 1. The molecular weight excluding hydrogens is 366 g/mol. The van der Waals surface area contributed by atoms with Crippen LogP contribution < -0.4 is 15.9 Å². The third kappa shape index (κ3) is 3.89. The van der Waals surface area contributed by atoms with Crippen molar-refractivity contribution in [2.45, 2.75) is 5.16 Å². The molecule has 3 aromatic rings. The molecule has 2 heterocycles. The van der Waals surface area contributed by atoms with Gasteiger partial charge in [-0.15, -0.1) is 10.2 Å². The molecule has 130 valence electrons. The number of benzene rings is 1. The summed E-state index contributed by atoms with van der Waals surface area (Å²) in [6, 6.07) is 8.42. The second-order valence-corrected chi connectivity index (χ2v) is 6.21. The van der Waals surface area contributed by atoms with E-state index >= 15 is 0 Å². The number of carbonyl (C=O) groups excluding carboxylic acids is 1. The first-order valence-corrected chi connectivity index (χ1v) is 8.45. The van der Waals surface area contributed by atoms with Crippen molar-refractivity contribution in [3.05, 3.63) is 41.6 Å². The molecule has 2 aromatic heterocycles. The van der Waals surface area contributed by atoms with Crippen molar-refractivity contribution in [3.8, 4) is 17.3 Å². The molecule has 0 saturated heterocycles. The Morgan fingerprint density at radius 3 is 3.00 bits per heavy atom. The molecule has 0 aliphatic heterocycles. The van der Waals surface area contributed by atoms with Crippen molar-refractivity contribution in [3.63, 3.8) is 0 Å². The predicted molar refractivity (Wildman–Crippen MR) is 95.2 cm³/mol. The highest BCUT2D eigenvalue weighted by Gasteiger charge is 2.16. The lowest BCUT2D eigenvalue weighted by Gasteiger charge is -2.10. The maximum Gasteiger partial charge on any atom is 0.234 e. The zero-order chi connectivity index (χ0) is 17.8. The molecule has 0 unspecified atom stereocenters. The maximum atomic E-state index is 12.2. The number of halogens is 1. The summed E-state index contributed by atoms with van der Waals surface area (Å²) in [5, 5.41) is 11.5. The zero-order valence-electron chi connectivity index (χ0n) is 13.1. The summed E-state index contributed by atoms with van der Waals surface area (Å²) in [6.07, 6.45) is 1.52. The number of aromatic nitrogens is 3. The number of hydrogen-bond donors (Lipinski definition) is 2. The lowest BCUT2D eigenvalue weighted by Crippen LogP contribution is -2.16. The van der Waals surface area contributed by atoms with Gasteiger partial charge in [-0.05, 0) is 30.3 Å². The van der Waals surface area contributed by atoms with E-state index in [9.17, 15) is 4.79 Å². The Bertz CT molecular complexity index is 881. The van der Waals surface area contributed by atoms with Crippen molar-refractivity contribution in [2.75, 3.05) is 24.0 Å². The van der Waals surface area contributed by atoms with Crippen LogP contribution in [0.2, 0.25) is 5.02 Å². The van der Waals surface area contributed by atoms with Crippen LogP contribution in [-0.4, -0.2) is 33.6 Å². The number of nitrogen functional groups attached to an aromatic ring is 1. The van der Waals surface area contributed by atoms with E-state index in [1.807, 2.05) is 0 Å². The Hall–Kier alpha value is -2.65. The summed E-state index contributed by atoms with van der Waals surface area (Å²) in [6.45, 7) is 0. The van der Waals surface area contributed by atoms with Crippen LogP contribution in [0.15, 0.2) is 46.2 Å². The Kier molecular flexibility index (Phi) is 5.15. The van der Waals surface area contributed by atoms with E-state index in [1.165, 1.54) is 18.0 Å². The van der Waals surface area contributed by atoms with Crippen LogP contribution in [0, 0.1) is 0 Å². The molecule has 0 bridgehead atoms. The average Bonchev–Trinajstić information content (AvgIpc) is 3.23. The molecule has 0 spiro atoms. The summed E-state index contributed by atoms with van der Waals surface area (Å²) in [5.41, 5.74) is 0.492. The second-order valence-electron chi connectivity index (χ2n) is 4.83. The van der Waals surface area contributed by atoms with Crippen LogP contribution in [0.4, 0.5) is 5.69 Å². The van der Waals surface area contributed by atoms with Gasteiger partial charge in [0.25, 0.3) is 0 Å². The van der Waals surface area contributed by atoms with E-state index in [0.29, 0.717) is 33.2 Å². The first-order chi connectivity index (χ1) is 12.1. The van der Waals surface area contributed by atoms with Gasteiger partial charge in [0, 0.05) is 5.02 Å². The lowest BCUT2D eigenvalue weighted by atomic mass is 10.3. The number of carbonyl (C=O) groups is 1. The molecule has 25 heavy (non-hydrogen) atoms. The molecule has 0 radical (unpaired) electrons. The van der Waals surface area contributed by atoms with Crippen LogP contribution in [0.5, 0.6) is 5.75 Å². The lowest BCUT2D eigenvalue weighted by molar-refractivity contribution is -0.113. The van der Waals surface area contributed by atoms with Gasteiger partial charge in [-0.25, -0.2) is 4.68 Å². The molecule has 0 aliphatic rings. The van der Waals surface area contributed by atoms with Crippen LogP contribution >= 0.6 is 23.4 Å². The fraction of sp³-hybridized carbons (Fsp3) is 0.133. The monoisotopic (exact) mass is 379 g/mol. The third-order valence-electron chi connectivity index (χ3n) is 3.17. The van der Waals surface area contributed by atoms with E-state index in [1.54, 1.807) is 30.3 Å². The molecule has 0 atom stereocenters. The highest BCUT2D eigenvalue weighted by Crippen LogP contribution is 2.28. The van der Waals surface area contributed by atoms with Crippen molar-refractivity contribution < 1.29 is 13.9 Å². The molecule has 10 heteroatoms. The van der Waals surface area contributed by atoms with Gasteiger partial charge in [0.2, 0.25) is 16.9 Å². The standard InChI is InChI=1S/C15H14ClN5O3S/c1-23-11-5-4-9(16)7-10(11)18-13(22)8-25-15-20-19-14(21(15)17)12-3-2-6-24-12/h2-7H,8,17H2,1H3,(H,18,22). The number of methoxy groups -OCH3 is 1. The minimum atomic E-state index is -0.256. The van der Waals surface area contributed by atoms with Crippen LogP contribution in [-0.2, 0) is 4.79 Å². The number of anilines is 1. The molecule has 1 aromatic carbocycles. The smallest absolute Gasteiger partial charge is 0.234 e. The van der Waals surface area contributed by atoms with Gasteiger partial charge in [-0.3, -0.25) is 4.79 Å².